The molecule has 3 rings (SSSR count). The van der Waals surface area contributed by atoms with Crippen LogP contribution in [0.15, 0.2) is 36.5 Å². The van der Waals surface area contributed by atoms with Gasteiger partial charge in [-0.3, -0.25) is 0 Å². The molecule has 0 saturated carbocycles. The zero-order chi connectivity index (χ0) is 10.8. The molecule has 16 heavy (non-hydrogen) atoms. The van der Waals surface area contributed by atoms with E-state index >= 15 is 0 Å². The molecule has 5 nitrogen and oxygen atoms in total. The van der Waals surface area contributed by atoms with Gasteiger partial charge in [0.15, 0.2) is 5.75 Å². The Kier molecular flexibility index (Phi) is 2.00. The first kappa shape index (κ1) is 8.84. The Labute approximate surface area is 91.7 Å². The van der Waals surface area contributed by atoms with E-state index in [0.29, 0.717) is 5.69 Å². The molecule has 0 atom stereocenters. The molecule has 1 aliphatic rings. The molecule has 0 amide bonds. The first-order chi connectivity index (χ1) is 7.93. The number of aromatic nitrogens is 3. The topological polar surface area (TPSA) is 59.9 Å². The van der Waals surface area contributed by atoms with Gasteiger partial charge in [0.1, 0.15) is 5.69 Å². The molecule has 0 bridgehead atoms. The van der Waals surface area contributed by atoms with Crippen molar-refractivity contribution in [1.82, 2.24) is 20.9 Å². The third-order valence-corrected chi connectivity index (χ3v) is 2.27. The summed E-state index contributed by atoms with van der Waals surface area (Å²) in [5, 5.41) is 11.1. The molecule has 0 unspecified atom stereocenters. The monoisotopic (exact) mass is 212 g/mol. The van der Waals surface area contributed by atoms with Gasteiger partial charge in [-0.1, -0.05) is 18.2 Å². The zero-order valence-corrected chi connectivity index (χ0v) is 8.29. The van der Waals surface area contributed by atoms with Crippen LogP contribution >= 0.6 is 0 Å². The Morgan fingerprint density at radius 1 is 1.12 bits per heavy atom. The molecule has 2 heterocycles. The van der Waals surface area contributed by atoms with Crippen molar-refractivity contribution in [2.24, 2.45) is 0 Å². The fourth-order valence-corrected chi connectivity index (χ4v) is 1.50. The Morgan fingerprint density at radius 3 is 2.94 bits per heavy atom. The molecule has 5 heteroatoms. The van der Waals surface area contributed by atoms with Gasteiger partial charge < -0.3 is 4.84 Å². The van der Waals surface area contributed by atoms with E-state index in [4.69, 9.17) is 4.84 Å². The predicted octanol–water partition coefficient (Wildman–Crippen LogP) is 1.27. The van der Waals surface area contributed by atoms with Gasteiger partial charge in [-0.2, -0.15) is 0 Å². The van der Waals surface area contributed by atoms with Crippen LogP contribution in [-0.4, -0.2) is 15.4 Å². The molecule has 1 aromatic carbocycles. The smallest absolute Gasteiger partial charge is 0.162 e. The number of para-hydroxylation sites is 1. The second-order valence-corrected chi connectivity index (χ2v) is 3.31. The molecule has 0 spiro atoms. The maximum absolute atomic E-state index is 5.38. The second-order valence-electron chi connectivity index (χ2n) is 3.31. The highest BCUT2D eigenvalue weighted by Crippen LogP contribution is 2.26. The van der Waals surface area contributed by atoms with Crippen molar-refractivity contribution >= 4 is 11.8 Å². The van der Waals surface area contributed by atoms with Crippen molar-refractivity contribution in [3.63, 3.8) is 0 Å². The summed E-state index contributed by atoms with van der Waals surface area (Å²) < 4.78 is 0. The summed E-state index contributed by atoms with van der Waals surface area (Å²) in [5.41, 5.74) is 5.30. The molecule has 2 aromatic rings. The number of hydroxylamine groups is 1. The Bertz CT molecular complexity index is 539. The predicted molar refractivity (Wildman–Crippen MR) is 57.9 cm³/mol. The van der Waals surface area contributed by atoms with Gasteiger partial charge in [-0.25, -0.2) is 5.48 Å². The molecular formula is C11H8N4O. The van der Waals surface area contributed by atoms with Crippen LogP contribution in [0.4, 0.5) is 0 Å². The van der Waals surface area contributed by atoms with Gasteiger partial charge in [0, 0.05) is 5.56 Å². The third-order valence-electron chi connectivity index (χ3n) is 2.27. The van der Waals surface area contributed by atoms with Gasteiger partial charge in [0.2, 0.25) is 0 Å². The molecule has 1 aliphatic heterocycles. The van der Waals surface area contributed by atoms with Gasteiger partial charge >= 0.3 is 0 Å². The van der Waals surface area contributed by atoms with Crippen molar-refractivity contribution in [2.45, 2.75) is 0 Å². The van der Waals surface area contributed by atoms with Crippen molar-refractivity contribution < 1.29 is 4.84 Å². The Balaban J connectivity index is 2.04. The Morgan fingerprint density at radius 2 is 2.06 bits per heavy atom. The minimum atomic E-state index is 0.699. The van der Waals surface area contributed by atoms with E-state index in [1.54, 1.807) is 12.3 Å². The lowest BCUT2D eigenvalue weighted by atomic mass is 10.1. The van der Waals surface area contributed by atoms with Crippen LogP contribution in [0, 0.1) is 0 Å². The SMILES string of the molecule is C1=C(c2ccnnn2)NOc2ccccc21. The summed E-state index contributed by atoms with van der Waals surface area (Å²) in [4.78, 5) is 5.38. The van der Waals surface area contributed by atoms with Gasteiger partial charge in [-0.15, -0.1) is 10.2 Å². The molecular weight excluding hydrogens is 204 g/mol. The number of nitrogens with zero attached hydrogens (tertiary/aromatic N) is 3. The van der Waals surface area contributed by atoms with Crippen molar-refractivity contribution in [2.75, 3.05) is 0 Å². The molecule has 1 aromatic heterocycles. The maximum atomic E-state index is 5.38. The largest absolute Gasteiger partial charge is 0.381 e. The quantitative estimate of drug-likeness (QED) is 0.771. The molecule has 1 N–H and O–H groups in total. The van der Waals surface area contributed by atoms with Crippen molar-refractivity contribution in [3.05, 3.63) is 47.8 Å². The van der Waals surface area contributed by atoms with E-state index in [9.17, 15) is 0 Å². The average molecular weight is 212 g/mol. The third kappa shape index (κ3) is 1.48. The van der Waals surface area contributed by atoms with Crippen LogP contribution in [0.1, 0.15) is 11.3 Å². The highest BCUT2D eigenvalue weighted by Gasteiger charge is 2.12. The second kappa shape index (κ2) is 3.62. The van der Waals surface area contributed by atoms with Crippen LogP contribution in [0.2, 0.25) is 0 Å². The number of benzene rings is 1. The Hall–Kier alpha value is -2.43. The molecule has 0 aliphatic carbocycles. The normalized spacial score (nSPS) is 13.1. The minimum Gasteiger partial charge on any atom is -0.381 e. The molecule has 0 radical (unpaired) electrons. The lowest BCUT2D eigenvalue weighted by Crippen LogP contribution is -2.21. The van der Waals surface area contributed by atoms with E-state index < -0.39 is 0 Å². The summed E-state index contributed by atoms with van der Waals surface area (Å²) in [6.07, 6.45) is 3.55. The first-order valence-corrected chi connectivity index (χ1v) is 4.82. The van der Waals surface area contributed by atoms with Crippen LogP contribution < -0.4 is 10.3 Å². The maximum Gasteiger partial charge on any atom is 0.162 e. The van der Waals surface area contributed by atoms with E-state index in [1.165, 1.54) is 0 Å². The van der Waals surface area contributed by atoms with Crippen LogP contribution in [0.3, 0.4) is 0 Å². The van der Waals surface area contributed by atoms with E-state index in [-0.39, 0.29) is 0 Å². The molecule has 78 valence electrons. The van der Waals surface area contributed by atoms with Crippen molar-refractivity contribution in [1.29, 1.82) is 0 Å². The first-order valence-electron chi connectivity index (χ1n) is 4.82. The van der Waals surface area contributed by atoms with E-state index in [1.807, 2.05) is 30.3 Å². The van der Waals surface area contributed by atoms with E-state index in [0.717, 1.165) is 17.0 Å². The van der Waals surface area contributed by atoms with Crippen LogP contribution in [0.5, 0.6) is 5.75 Å². The van der Waals surface area contributed by atoms with Gasteiger partial charge in [-0.05, 0) is 23.4 Å². The number of fused-ring (bicyclic) bond motifs is 1. The molecule has 0 fully saturated rings. The van der Waals surface area contributed by atoms with Gasteiger partial charge in [0.25, 0.3) is 0 Å². The number of hydrogen-bond donors (Lipinski definition) is 1. The lowest BCUT2D eigenvalue weighted by Gasteiger charge is -2.17. The average Bonchev–Trinajstić information content (AvgIpc) is 2.39. The summed E-state index contributed by atoms with van der Waals surface area (Å²) in [6, 6.07) is 9.52. The van der Waals surface area contributed by atoms with Crippen LogP contribution in [0.25, 0.3) is 11.8 Å². The fourth-order valence-electron chi connectivity index (χ4n) is 1.50. The number of nitrogens with one attached hydrogen (secondary N) is 1. The summed E-state index contributed by atoms with van der Waals surface area (Å²) in [6.45, 7) is 0. The van der Waals surface area contributed by atoms with Crippen LogP contribution in [-0.2, 0) is 0 Å². The highest BCUT2D eigenvalue weighted by molar-refractivity contribution is 5.81. The summed E-state index contributed by atoms with van der Waals surface area (Å²) in [7, 11) is 0. The molecule has 0 saturated heterocycles. The lowest BCUT2D eigenvalue weighted by molar-refractivity contribution is 0.248. The number of hydrogen-bond acceptors (Lipinski definition) is 5. The highest BCUT2D eigenvalue weighted by atomic mass is 16.6. The summed E-state index contributed by atoms with van der Waals surface area (Å²) in [5.74, 6) is 0.799. The summed E-state index contributed by atoms with van der Waals surface area (Å²) >= 11 is 0. The standard InChI is InChI=1S/C11H8N4O/c1-2-4-11-8(3-1)7-10(14-16-11)9-5-6-12-15-13-9/h1-7,14H. The number of rotatable bonds is 1. The fraction of sp³-hybridized carbons (Fsp3) is 0. The zero-order valence-electron chi connectivity index (χ0n) is 8.29. The van der Waals surface area contributed by atoms with Crippen molar-refractivity contribution in [3.8, 4) is 5.75 Å². The van der Waals surface area contributed by atoms with E-state index in [2.05, 4.69) is 20.9 Å². The van der Waals surface area contributed by atoms with Gasteiger partial charge in [0.05, 0.1) is 11.9 Å². The minimum absolute atomic E-state index is 0.699.